The van der Waals surface area contributed by atoms with Crippen LogP contribution in [0.1, 0.15) is 34.2 Å². The summed E-state index contributed by atoms with van der Waals surface area (Å²) in [6, 6.07) is 7.48. The number of carbonyl (C=O) groups is 1. The minimum atomic E-state index is -0.552. The van der Waals surface area contributed by atoms with E-state index in [1.807, 2.05) is 51.2 Å². The van der Waals surface area contributed by atoms with Crippen LogP contribution in [0.4, 0.5) is 0 Å². The van der Waals surface area contributed by atoms with Gasteiger partial charge in [-0.05, 0) is 32.9 Å². The first kappa shape index (κ1) is 14.6. The Morgan fingerprint density at radius 3 is 2.55 bits per heavy atom. The van der Waals surface area contributed by atoms with Gasteiger partial charge in [-0.2, -0.15) is 0 Å². The normalized spacial score (nSPS) is 11.6. The molecular formula is C16H16N4OS. The average Bonchev–Trinajstić information content (AvgIpc) is 2.94. The number of hydrogen-bond donors (Lipinski definition) is 1. The molecule has 2 aromatic heterocycles. The van der Waals surface area contributed by atoms with Gasteiger partial charge in [0.2, 0.25) is 0 Å². The van der Waals surface area contributed by atoms with E-state index >= 15 is 0 Å². The zero-order valence-electron chi connectivity index (χ0n) is 12.6. The van der Waals surface area contributed by atoms with Crippen LogP contribution in [0.25, 0.3) is 11.0 Å². The van der Waals surface area contributed by atoms with Crippen LogP contribution >= 0.6 is 11.3 Å². The summed E-state index contributed by atoms with van der Waals surface area (Å²) in [6.07, 6.45) is 3.31. The smallest absolute Gasteiger partial charge is 0.272 e. The van der Waals surface area contributed by atoms with E-state index in [-0.39, 0.29) is 5.91 Å². The molecule has 0 fully saturated rings. The maximum Gasteiger partial charge on any atom is 0.272 e. The molecule has 6 heteroatoms. The van der Waals surface area contributed by atoms with Crippen LogP contribution < -0.4 is 5.32 Å². The first-order valence-corrected chi connectivity index (χ1v) is 7.74. The lowest BCUT2D eigenvalue weighted by molar-refractivity contribution is 0.0906. The van der Waals surface area contributed by atoms with Crippen molar-refractivity contribution in [3.8, 4) is 0 Å². The van der Waals surface area contributed by atoms with Gasteiger partial charge in [0.05, 0.1) is 22.8 Å². The number of hydrogen-bond acceptors (Lipinski definition) is 5. The van der Waals surface area contributed by atoms with Gasteiger partial charge in [-0.25, -0.2) is 9.97 Å². The summed E-state index contributed by atoms with van der Waals surface area (Å²) in [5.74, 6) is -0.254. The fourth-order valence-corrected chi connectivity index (χ4v) is 2.93. The number of thiazole rings is 1. The highest BCUT2D eigenvalue weighted by molar-refractivity contribution is 7.11. The fourth-order valence-electron chi connectivity index (χ4n) is 2.11. The Kier molecular flexibility index (Phi) is 3.62. The van der Waals surface area contributed by atoms with Crippen molar-refractivity contribution < 1.29 is 4.79 Å². The van der Waals surface area contributed by atoms with Crippen molar-refractivity contribution in [3.63, 3.8) is 0 Å². The summed E-state index contributed by atoms with van der Waals surface area (Å²) in [7, 11) is 0. The minimum absolute atomic E-state index is 0.254. The SMILES string of the molecule is Cc1cnc(C(C)(C)NC(=O)c2cnc3ccccc3n2)s1. The van der Waals surface area contributed by atoms with E-state index in [1.165, 1.54) is 6.20 Å². The molecule has 0 radical (unpaired) electrons. The van der Waals surface area contributed by atoms with Crippen molar-refractivity contribution in [1.82, 2.24) is 20.3 Å². The molecule has 0 atom stereocenters. The number of nitrogens with one attached hydrogen (secondary N) is 1. The molecule has 1 N–H and O–H groups in total. The maximum absolute atomic E-state index is 12.4. The predicted molar refractivity (Wildman–Crippen MR) is 86.9 cm³/mol. The first-order valence-electron chi connectivity index (χ1n) is 6.93. The van der Waals surface area contributed by atoms with Gasteiger partial charge in [-0.1, -0.05) is 12.1 Å². The largest absolute Gasteiger partial charge is 0.339 e. The standard InChI is InChI=1S/C16H16N4OS/c1-10-8-18-15(22-10)16(2,3)20-14(21)13-9-17-11-6-4-5-7-12(11)19-13/h4-9H,1-3H3,(H,20,21). The molecule has 2 heterocycles. The number of para-hydroxylation sites is 2. The average molecular weight is 312 g/mol. The second-order valence-electron chi connectivity index (χ2n) is 5.60. The number of aryl methyl sites for hydroxylation is 1. The molecule has 1 amide bonds. The van der Waals surface area contributed by atoms with E-state index < -0.39 is 5.54 Å². The molecule has 0 saturated heterocycles. The molecule has 1 aromatic carbocycles. The highest BCUT2D eigenvalue weighted by Crippen LogP contribution is 2.25. The van der Waals surface area contributed by atoms with Crippen LogP contribution in [-0.2, 0) is 5.54 Å². The quantitative estimate of drug-likeness (QED) is 0.807. The summed E-state index contributed by atoms with van der Waals surface area (Å²) in [4.78, 5) is 26.6. The Bertz CT molecular complexity index is 841. The van der Waals surface area contributed by atoms with Gasteiger partial charge >= 0.3 is 0 Å². The Hall–Kier alpha value is -2.34. The van der Waals surface area contributed by atoms with Crippen LogP contribution in [-0.4, -0.2) is 20.9 Å². The molecule has 5 nitrogen and oxygen atoms in total. The van der Waals surface area contributed by atoms with E-state index in [0.717, 1.165) is 15.4 Å². The summed E-state index contributed by atoms with van der Waals surface area (Å²) in [6.45, 7) is 5.85. The number of aromatic nitrogens is 3. The lowest BCUT2D eigenvalue weighted by Crippen LogP contribution is -2.41. The number of amides is 1. The number of fused-ring (bicyclic) bond motifs is 1. The van der Waals surface area contributed by atoms with Crippen LogP contribution in [0.2, 0.25) is 0 Å². The minimum Gasteiger partial charge on any atom is -0.339 e. The van der Waals surface area contributed by atoms with E-state index in [2.05, 4.69) is 20.3 Å². The van der Waals surface area contributed by atoms with Crippen LogP contribution in [0.3, 0.4) is 0 Å². The number of benzene rings is 1. The number of rotatable bonds is 3. The summed E-state index contributed by atoms with van der Waals surface area (Å²) in [5.41, 5.74) is 1.23. The Balaban J connectivity index is 1.86. The second kappa shape index (κ2) is 5.46. The van der Waals surface area contributed by atoms with Crippen molar-refractivity contribution in [2.45, 2.75) is 26.3 Å². The molecule has 3 rings (SSSR count). The molecule has 0 saturated carbocycles. The van der Waals surface area contributed by atoms with Crippen LogP contribution in [0.15, 0.2) is 36.7 Å². The fraction of sp³-hybridized carbons (Fsp3) is 0.250. The molecule has 112 valence electrons. The highest BCUT2D eigenvalue weighted by atomic mass is 32.1. The maximum atomic E-state index is 12.4. The zero-order chi connectivity index (χ0) is 15.7. The monoisotopic (exact) mass is 312 g/mol. The highest BCUT2D eigenvalue weighted by Gasteiger charge is 2.27. The summed E-state index contributed by atoms with van der Waals surface area (Å²) < 4.78 is 0. The van der Waals surface area contributed by atoms with Gasteiger partial charge in [-0.15, -0.1) is 11.3 Å². The van der Waals surface area contributed by atoms with Crippen molar-refractivity contribution in [2.24, 2.45) is 0 Å². The number of nitrogens with zero attached hydrogens (tertiary/aromatic N) is 3. The predicted octanol–water partition coefficient (Wildman–Crippen LogP) is 3.06. The molecule has 3 aromatic rings. The third-order valence-electron chi connectivity index (χ3n) is 3.26. The van der Waals surface area contributed by atoms with Crippen molar-refractivity contribution >= 4 is 28.3 Å². The summed E-state index contributed by atoms with van der Waals surface area (Å²) in [5, 5.41) is 3.84. The van der Waals surface area contributed by atoms with Crippen LogP contribution in [0.5, 0.6) is 0 Å². The van der Waals surface area contributed by atoms with E-state index in [0.29, 0.717) is 11.2 Å². The Morgan fingerprint density at radius 1 is 1.14 bits per heavy atom. The van der Waals surface area contributed by atoms with Gasteiger partial charge in [0.25, 0.3) is 5.91 Å². The Morgan fingerprint density at radius 2 is 1.86 bits per heavy atom. The second-order valence-corrected chi connectivity index (χ2v) is 6.83. The molecule has 0 aliphatic carbocycles. The molecular weight excluding hydrogens is 296 g/mol. The van der Waals surface area contributed by atoms with Gasteiger partial charge in [-0.3, -0.25) is 9.78 Å². The number of carbonyl (C=O) groups excluding carboxylic acids is 1. The van der Waals surface area contributed by atoms with Gasteiger partial charge < -0.3 is 5.32 Å². The van der Waals surface area contributed by atoms with Crippen molar-refractivity contribution in [3.05, 3.63) is 52.2 Å². The van der Waals surface area contributed by atoms with Gasteiger partial charge in [0.1, 0.15) is 10.7 Å². The lowest BCUT2D eigenvalue weighted by Gasteiger charge is -2.23. The molecule has 0 aliphatic rings. The zero-order valence-corrected chi connectivity index (χ0v) is 13.4. The lowest BCUT2D eigenvalue weighted by atomic mass is 10.1. The van der Waals surface area contributed by atoms with E-state index in [4.69, 9.17) is 0 Å². The Labute approximate surface area is 132 Å². The van der Waals surface area contributed by atoms with Crippen LogP contribution in [0, 0.1) is 6.92 Å². The van der Waals surface area contributed by atoms with E-state index in [1.54, 1.807) is 11.3 Å². The molecule has 0 aliphatic heterocycles. The molecule has 0 bridgehead atoms. The summed E-state index contributed by atoms with van der Waals surface area (Å²) >= 11 is 1.57. The molecule has 0 spiro atoms. The molecule has 22 heavy (non-hydrogen) atoms. The van der Waals surface area contributed by atoms with E-state index in [9.17, 15) is 4.79 Å². The first-order chi connectivity index (χ1) is 10.5. The third kappa shape index (κ3) is 2.82. The molecule has 0 unspecified atom stereocenters. The van der Waals surface area contributed by atoms with Gasteiger partial charge in [0.15, 0.2) is 0 Å². The van der Waals surface area contributed by atoms with Gasteiger partial charge in [0, 0.05) is 11.1 Å². The van der Waals surface area contributed by atoms with Crippen molar-refractivity contribution in [1.29, 1.82) is 0 Å². The van der Waals surface area contributed by atoms with Crippen molar-refractivity contribution in [2.75, 3.05) is 0 Å². The third-order valence-corrected chi connectivity index (χ3v) is 4.50. The topological polar surface area (TPSA) is 67.8 Å².